The van der Waals surface area contributed by atoms with Crippen molar-refractivity contribution >= 4 is 23.5 Å². The fraction of sp³-hybridized carbons (Fsp3) is 0.467. The van der Waals surface area contributed by atoms with E-state index >= 15 is 0 Å². The van der Waals surface area contributed by atoms with Gasteiger partial charge in [-0.05, 0) is 31.4 Å². The second-order valence-electron chi connectivity index (χ2n) is 5.50. The van der Waals surface area contributed by atoms with Crippen molar-refractivity contribution in [1.82, 2.24) is 4.90 Å². The average molecular weight is 310 g/mol. The van der Waals surface area contributed by atoms with E-state index in [1.165, 1.54) is 0 Å². The second kappa shape index (κ2) is 5.56. The summed E-state index contributed by atoms with van der Waals surface area (Å²) in [6, 6.07) is 6.82. The first kappa shape index (κ1) is 14.2. The molecule has 21 heavy (non-hydrogen) atoms. The lowest BCUT2D eigenvalue weighted by molar-refractivity contribution is -0.143. The minimum Gasteiger partial charge on any atom is -0.482 e. The third-order valence-corrected chi connectivity index (χ3v) is 4.64. The van der Waals surface area contributed by atoms with Crippen LogP contribution in [0, 0.1) is 5.92 Å². The molecule has 1 N–H and O–H groups in total. The third-order valence-electron chi connectivity index (χ3n) is 4.33. The van der Waals surface area contributed by atoms with Gasteiger partial charge in [-0.25, -0.2) is 0 Å². The number of para-hydroxylation sites is 1. The van der Waals surface area contributed by atoms with Gasteiger partial charge < -0.3 is 14.7 Å². The minimum atomic E-state index is -0.813. The highest BCUT2D eigenvalue weighted by Gasteiger charge is 2.51. The summed E-state index contributed by atoms with van der Waals surface area (Å²) in [5.41, 5.74) is 0. The van der Waals surface area contributed by atoms with Crippen molar-refractivity contribution in [3.8, 4) is 5.75 Å². The molecule has 2 heterocycles. The summed E-state index contributed by atoms with van der Waals surface area (Å²) >= 11 is 5.97. The van der Waals surface area contributed by atoms with Crippen LogP contribution in [0.4, 0.5) is 0 Å². The molecule has 3 atom stereocenters. The van der Waals surface area contributed by atoms with Crippen LogP contribution >= 0.6 is 11.6 Å². The summed E-state index contributed by atoms with van der Waals surface area (Å²) in [7, 11) is 0. The fourth-order valence-corrected chi connectivity index (χ4v) is 3.61. The highest BCUT2D eigenvalue weighted by molar-refractivity contribution is 6.32. The van der Waals surface area contributed by atoms with E-state index in [0.717, 1.165) is 12.8 Å². The molecule has 3 unspecified atom stereocenters. The number of rotatable bonds is 4. The zero-order valence-corrected chi connectivity index (χ0v) is 12.1. The first-order valence-electron chi connectivity index (χ1n) is 6.99. The van der Waals surface area contributed by atoms with Crippen molar-refractivity contribution in [1.29, 1.82) is 0 Å². The van der Waals surface area contributed by atoms with E-state index in [4.69, 9.17) is 16.3 Å². The fourth-order valence-electron chi connectivity index (χ4n) is 3.42. The molecule has 6 heteroatoms. The maximum Gasteiger partial charge on any atom is 0.308 e. The van der Waals surface area contributed by atoms with Crippen LogP contribution in [0.2, 0.25) is 5.02 Å². The minimum absolute atomic E-state index is 0.0402. The average Bonchev–Trinajstić information content (AvgIpc) is 3.04. The first-order valence-corrected chi connectivity index (χ1v) is 7.37. The van der Waals surface area contributed by atoms with Gasteiger partial charge in [0.1, 0.15) is 5.75 Å². The Morgan fingerprint density at radius 2 is 2.10 bits per heavy atom. The van der Waals surface area contributed by atoms with Gasteiger partial charge in [-0.15, -0.1) is 0 Å². The maximum absolute atomic E-state index is 12.3. The Bertz CT molecular complexity index is 577. The standard InChI is InChI=1S/C15H16ClNO4/c16-11-3-1-2-4-13(11)21-8-14(18)17-9-5-6-12(17)10(7-9)15(19)20/h1-4,9-10,12H,5-8H2,(H,19,20). The van der Waals surface area contributed by atoms with Crippen LogP contribution in [-0.2, 0) is 9.59 Å². The lowest BCUT2D eigenvalue weighted by atomic mass is 9.89. The van der Waals surface area contributed by atoms with Gasteiger partial charge in [0.15, 0.2) is 6.61 Å². The number of amides is 1. The second-order valence-corrected chi connectivity index (χ2v) is 5.91. The zero-order chi connectivity index (χ0) is 15.0. The van der Waals surface area contributed by atoms with Gasteiger partial charge in [0, 0.05) is 12.1 Å². The molecule has 0 radical (unpaired) electrons. The number of carbonyl (C=O) groups is 2. The monoisotopic (exact) mass is 309 g/mol. The maximum atomic E-state index is 12.3. The van der Waals surface area contributed by atoms with Crippen molar-refractivity contribution in [3.05, 3.63) is 29.3 Å². The number of ether oxygens (including phenoxy) is 1. The molecule has 2 aliphatic heterocycles. The highest BCUT2D eigenvalue weighted by atomic mass is 35.5. The molecule has 3 rings (SSSR count). The Hall–Kier alpha value is -1.75. The van der Waals surface area contributed by atoms with E-state index in [0.29, 0.717) is 17.2 Å². The van der Waals surface area contributed by atoms with Gasteiger partial charge in [-0.2, -0.15) is 0 Å². The number of carboxylic acid groups (broad SMARTS) is 1. The number of hydrogen-bond acceptors (Lipinski definition) is 3. The number of hydrogen-bond donors (Lipinski definition) is 1. The summed E-state index contributed by atoms with van der Waals surface area (Å²) in [5, 5.41) is 9.65. The molecule has 0 aromatic heterocycles. The van der Waals surface area contributed by atoms with E-state index in [1.54, 1.807) is 29.2 Å². The first-order chi connectivity index (χ1) is 10.1. The van der Waals surface area contributed by atoms with Crippen molar-refractivity contribution in [2.45, 2.75) is 31.3 Å². The summed E-state index contributed by atoms with van der Waals surface area (Å²) in [5.74, 6) is -0.944. The van der Waals surface area contributed by atoms with Crippen molar-refractivity contribution in [3.63, 3.8) is 0 Å². The van der Waals surface area contributed by atoms with Crippen molar-refractivity contribution in [2.24, 2.45) is 5.92 Å². The Morgan fingerprint density at radius 3 is 2.76 bits per heavy atom. The Morgan fingerprint density at radius 1 is 1.33 bits per heavy atom. The van der Waals surface area contributed by atoms with E-state index in [-0.39, 0.29) is 24.6 Å². The predicted octanol–water partition coefficient (Wildman–Crippen LogP) is 2.18. The number of halogens is 1. The lowest BCUT2D eigenvalue weighted by Gasteiger charge is -2.23. The van der Waals surface area contributed by atoms with Crippen LogP contribution in [0.1, 0.15) is 19.3 Å². The molecule has 1 aromatic rings. The number of carbonyl (C=O) groups excluding carboxylic acids is 1. The Kier molecular flexibility index (Phi) is 3.76. The quantitative estimate of drug-likeness (QED) is 0.925. The molecule has 0 saturated carbocycles. The molecule has 2 fully saturated rings. The zero-order valence-electron chi connectivity index (χ0n) is 11.4. The van der Waals surface area contributed by atoms with Crippen molar-refractivity contribution < 1.29 is 19.4 Å². The number of carboxylic acids is 1. The lowest BCUT2D eigenvalue weighted by Crippen LogP contribution is -2.40. The molecule has 1 aromatic carbocycles. The van der Waals surface area contributed by atoms with Gasteiger partial charge >= 0.3 is 5.97 Å². The van der Waals surface area contributed by atoms with Gasteiger partial charge in [0.2, 0.25) is 0 Å². The summed E-state index contributed by atoms with van der Waals surface area (Å²) in [4.78, 5) is 25.2. The normalized spacial score (nSPS) is 26.9. The molecule has 5 nitrogen and oxygen atoms in total. The van der Waals surface area contributed by atoms with Gasteiger partial charge in [0.05, 0.1) is 10.9 Å². The van der Waals surface area contributed by atoms with E-state index in [9.17, 15) is 14.7 Å². The predicted molar refractivity (Wildman–Crippen MR) is 76.3 cm³/mol. The summed E-state index contributed by atoms with van der Waals surface area (Å²) < 4.78 is 5.46. The largest absolute Gasteiger partial charge is 0.482 e. The van der Waals surface area contributed by atoms with Crippen LogP contribution in [-0.4, -0.2) is 40.6 Å². The van der Waals surface area contributed by atoms with E-state index in [2.05, 4.69) is 0 Å². The number of aliphatic carboxylic acids is 1. The Balaban J connectivity index is 1.64. The molecule has 0 spiro atoms. The van der Waals surface area contributed by atoms with Crippen LogP contribution < -0.4 is 4.74 Å². The van der Waals surface area contributed by atoms with Crippen LogP contribution in [0.5, 0.6) is 5.75 Å². The SMILES string of the molecule is O=C(O)C1CC2CCC1N2C(=O)COc1ccccc1Cl. The number of fused-ring (bicyclic) bond motifs is 2. The molecular weight excluding hydrogens is 294 g/mol. The smallest absolute Gasteiger partial charge is 0.308 e. The summed E-state index contributed by atoms with van der Waals surface area (Å²) in [6.07, 6.45) is 2.20. The Labute approximate surface area is 127 Å². The highest BCUT2D eigenvalue weighted by Crippen LogP contribution is 2.41. The van der Waals surface area contributed by atoms with Gasteiger partial charge in [-0.1, -0.05) is 23.7 Å². The van der Waals surface area contributed by atoms with Crippen LogP contribution in [0.3, 0.4) is 0 Å². The molecule has 1 amide bonds. The molecule has 2 saturated heterocycles. The molecule has 2 aliphatic rings. The van der Waals surface area contributed by atoms with E-state index in [1.807, 2.05) is 0 Å². The molecule has 112 valence electrons. The summed E-state index contributed by atoms with van der Waals surface area (Å²) in [6.45, 7) is -0.108. The topological polar surface area (TPSA) is 66.8 Å². The third kappa shape index (κ3) is 2.58. The van der Waals surface area contributed by atoms with Crippen LogP contribution in [0.25, 0.3) is 0 Å². The van der Waals surface area contributed by atoms with Crippen molar-refractivity contribution in [2.75, 3.05) is 6.61 Å². The number of nitrogens with zero attached hydrogens (tertiary/aromatic N) is 1. The molecule has 2 bridgehead atoms. The molecular formula is C15H16ClNO4. The molecule has 0 aliphatic carbocycles. The van der Waals surface area contributed by atoms with Gasteiger partial charge in [0.25, 0.3) is 5.91 Å². The van der Waals surface area contributed by atoms with E-state index < -0.39 is 11.9 Å². The van der Waals surface area contributed by atoms with Crippen LogP contribution in [0.15, 0.2) is 24.3 Å². The van der Waals surface area contributed by atoms with Gasteiger partial charge in [-0.3, -0.25) is 9.59 Å². The number of benzene rings is 1.